The summed E-state index contributed by atoms with van der Waals surface area (Å²) < 4.78 is 1.87. The lowest BCUT2D eigenvalue weighted by Crippen LogP contribution is -2.43. The van der Waals surface area contributed by atoms with Crippen molar-refractivity contribution in [1.82, 2.24) is 9.47 Å². The molecule has 1 atom stereocenters. The van der Waals surface area contributed by atoms with Gasteiger partial charge in [-0.05, 0) is 31.5 Å². The highest BCUT2D eigenvalue weighted by Crippen LogP contribution is 2.35. The van der Waals surface area contributed by atoms with Crippen molar-refractivity contribution in [2.45, 2.75) is 26.4 Å². The van der Waals surface area contributed by atoms with E-state index in [4.69, 9.17) is 0 Å². The van der Waals surface area contributed by atoms with E-state index in [1.165, 1.54) is 0 Å². The van der Waals surface area contributed by atoms with E-state index < -0.39 is 0 Å². The monoisotopic (exact) mass is 308 g/mol. The molecule has 118 valence electrons. The van der Waals surface area contributed by atoms with Crippen molar-refractivity contribution in [3.63, 3.8) is 0 Å². The third kappa shape index (κ3) is 2.36. The van der Waals surface area contributed by atoms with Crippen molar-refractivity contribution in [1.29, 1.82) is 5.26 Å². The smallest absolute Gasteiger partial charge is 0.257 e. The van der Waals surface area contributed by atoms with Crippen LogP contribution in [0.3, 0.4) is 0 Å². The minimum Gasteiger partial charge on any atom is -0.361 e. The molecule has 1 N–H and O–H groups in total. The lowest BCUT2D eigenvalue weighted by atomic mass is 10.0. The van der Waals surface area contributed by atoms with E-state index in [9.17, 15) is 10.1 Å². The van der Waals surface area contributed by atoms with Gasteiger partial charge in [-0.25, -0.2) is 0 Å². The van der Waals surface area contributed by atoms with Crippen molar-refractivity contribution in [2.75, 3.05) is 11.9 Å². The van der Waals surface area contributed by atoms with Crippen LogP contribution in [0.15, 0.2) is 30.3 Å². The lowest BCUT2D eigenvalue weighted by Gasteiger charge is -2.38. The van der Waals surface area contributed by atoms with Crippen LogP contribution >= 0.6 is 0 Å². The topological polar surface area (TPSA) is 61.1 Å². The van der Waals surface area contributed by atoms with Gasteiger partial charge in [0.25, 0.3) is 5.91 Å². The second-order valence-corrected chi connectivity index (χ2v) is 5.83. The molecule has 0 saturated carbocycles. The van der Waals surface area contributed by atoms with E-state index in [0.29, 0.717) is 17.8 Å². The average molecular weight is 308 g/mol. The molecule has 0 aliphatic carbocycles. The highest BCUT2D eigenvalue weighted by Gasteiger charge is 2.34. The molecule has 3 rings (SSSR count). The molecule has 0 spiro atoms. The molecular formula is C18H20N4O. The van der Waals surface area contributed by atoms with Crippen LogP contribution in [-0.2, 0) is 7.05 Å². The summed E-state index contributed by atoms with van der Waals surface area (Å²) in [4.78, 5) is 14.7. The molecule has 0 unspecified atom stereocenters. The Balaban J connectivity index is 2.11. The Morgan fingerprint density at radius 1 is 1.35 bits per heavy atom. The summed E-state index contributed by atoms with van der Waals surface area (Å²) in [5.41, 5.74) is 4.11. The van der Waals surface area contributed by atoms with E-state index in [1.54, 1.807) is 0 Å². The van der Waals surface area contributed by atoms with Gasteiger partial charge in [-0.15, -0.1) is 0 Å². The number of para-hydroxylation sites is 1. The molecule has 0 radical (unpaired) electrons. The van der Waals surface area contributed by atoms with Gasteiger partial charge in [0.15, 0.2) is 0 Å². The highest BCUT2D eigenvalue weighted by molar-refractivity contribution is 6.01. The second kappa shape index (κ2) is 5.81. The van der Waals surface area contributed by atoms with Gasteiger partial charge in [0.1, 0.15) is 17.9 Å². The number of amides is 1. The van der Waals surface area contributed by atoms with Crippen molar-refractivity contribution >= 4 is 11.6 Å². The summed E-state index contributed by atoms with van der Waals surface area (Å²) in [6.45, 7) is 4.71. The predicted molar refractivity (Wildman–Crippen MR) is 89.0 cm³/mol. The Morgan fingerprint density at radius 2 is 2.09 bits per heavy atom. The van der Waals surface area contributed by atoms with Crippen LogP contribution in [0.25, 0.3) is 0 Å². The molecule has 1 amide bonds. The van der Waals surface area contributed by atoms with Gasteiger partial charge in [0.05, 0.1) is 5.56 Å². The molecule has 1 aliphatic rings. The zero-order valence-electron chi connectivity index (χ0n) is 13.6. The number of hydrogen-bond donors (Lipinski definition) is 1. The first kappa shape index (κ1) is 15.2. The van der Waals surface area contributed by atoms with Gasteiger partial charge < -0.3 is 14.8 Å². The molecule has 2 heterocycles. The summed E-state index contributed by atoms with van der Waals surface area (Å²) in [7, 11) is 1.88. The molecule has 0 bridgehead atoms. The largest absolute Gasteiger partial charge is 0.361 e. The lowest BCUT2D eigenvalue weighted by molar-refractivity contribution is 0.0683. The Morgan fingerprint density at radius 3 is 2.74 bits per heavy atom. The van der Waals surface area contributed by atoms with Crippen LogP contribution in [-0.4, -0.2) is 21.9 Å². The van der Waals surface area contributed by atoms with Crippen LogP contribution in [0.2, 0.25) is 0 Å². The number of carbonyl (C=O) groups excluding carboxylic acids is 1. The van der Waals surface area contributed by atoms with E-state index in [2.05, 4.69) is 18.3 Å². The quantitative estimate of drug-likeness (QED) is 0.947. The standard InChI is InChI=1S/C18H20N4O/c1-4-9-22-17(15-10-13(11-19)21(3)12(15)2)20-16-8-6-5-7-14(16)18(22)23/h5-8,10,17,20H,4,9H2,1-3H3/t17-/m0/s1. The maximum absolute atomic E-state index is 12.9. The first-order valence-electron chi connectivity index (χ1n) is 7.81. The fourth-order valence-electron chi connectivity index (χ4n) is 3.12. The number of fused-ring (bicyclic) bond motifs is 1. The molecule has 1 aliphatic heterocycles. The van der Waals surface area contributed by atoms with E-state index in [1.807, 2.05) is 53.8 Å². The number of aromatic nitrogens is 1. The van der Waals surface area contributed by atoms with E-state index >= 15 is 0 Å². The van der Waals surface area contributed by atoms with Crippen LogP contribution in [0.1, 0.15) is 46.8 Å². The predicted octanol–water partition coefficient (Wildman–Crippen LogP) is 3.18. The molecule has 5 nitrogen and oxygen atoms in total. The zero-order valence-corrected chi connectivity index (χ0v) is 13.6. The normalized spacial score (nSPS) is 16.7. The first-order chi connectivity index (χ1) is 11.1. The van der Waals surface area contributed by atoms with E-state index in [0.717, 1.165) is 23.4 Å². The third-order valence-electron chi connectivity index (χ3n) is 4.47. The molecule has 0 saturated heterocycles. The van der Waals surface area contributed by atoms with Crippen LogP contribution < -0.4 is 5.32 Å². The minimum atomic E-state index is -0.245. The maximum Gasteiger partial charge on any atom is 0.257 e. The number of nitriles is 1. The fourth-order valence-corrected chi connectivity index (χ4v) is 3.12. The van der Waals surface area contributed by atoms with Crippen molar-refractivity contribution in [3.05, 3.63) is 52.8 Å². The summed E-state index contributed by atoms with van der Waals surface area (Å²) in [6.07, 6.45) is 0.633. The third-order valence-corrected chi connectivity index (χ3v) is 4.47. The zero-order chi connectivity index (χ0) is 16.6. The molecule has 2 aromatic rings. The number of rotatable bonds is 3. The number of benzene rings is 1. The van der Waals surface area contributed by atoms with Crippen molar-refractivity contribution in [3.8, 4) is 6.07 Å². The van der Waals surface area contributed by atoms with Crippen molar-refractivity contribution < 1.29 is 4.79 Å². The SMILES string of the molecule is CCCN1C(=O)c2ccccc2N[C@@H]1c1cc(C#N)n(C)c1C. The van der Waals surface area contributed by atoms with Gasteiger partial charge >= 0.3 is 0 Å². The van der Waals surface area contributed by atoms with Crippen molar-refractivity contribution in [2.24, 2.45) is 7.05 Å². The molecule has 1 aromatic carbocycles. The maximum atomic E-state index is 12.9. The number of nitrogens with one attached hydrogen (secondary N) is 1. The number of nitrogens with zero attached hydrogens (tertiary/aromatic N) is 3. The number of anilines is 1. The summed E-state index contributed by atoms with van der Waals surface area (Å²) >= 11 is 0. The average Bonchev–Trinajstić information content (AvgIpc) is 2.85. The van der Waals surface area contributed by atoms with Crippen LogP contribution in [0, 0.1) is 18.3 Å². The van der Waals surface area contributed by atoms with Crippen LogP contribution in [0.4, 0.5) is 5.69 Å². The summed E-state index contributed by atoms with van der Waals surface area (Å²) in [5, 5.41) is 12.7. The van der Waals surface area contributed by atoms with Gasteiger partial charge in [0.2, 0.25) is 0 Å². The molecule has 5 heteroatoms. The van der Waals surface area contributed by atoms with E-state index in [-0.39, 0.29) is 12.1 Å². The van der Waals surface area contributed by atoms with Gasteiger partial charge in [-0.1, -0.05) is 19.1 Å². The van der Waals surface area contributed by atoms with Gasteiger partial charge in [-0.2, -0.15) is 5.26 Å². The Labute approximate surface area is 136 Å². The van der Waals surface area contributed by atoms with Gasteiger partial charge in [0, 0.05) is 30.5 Å². The number of carbonyl (C=O) groups is 1. The Bertz CT molecular complexity index is 800. The Hall–Kier alpha value is -2.74. The molecule has 1 aromatic heterocycles. The molecule has 0 fully saturated rings. The molecule has 23 heavy (non-hydrogen) atoms. The summed E-state index contributed by atoms with van der Waals surface area (Å²) in [5.74, 6) is 0.0351. The fraction of sp³-hybridized carbons (Fsp3) is 0.333. The molecular weight excluding hydrogens is 288 g/mol. The second-order valence-electron chi connectivity index (χ2n) is 5.83. The number of hydrogen-bond acceptors (Lipinski definition) is 3. The highest BCUT2D eigenvalue weighted by atomic mass is 16.2. The minimum absolute atomic E-state index is 0.0351. The Kier molecular flexibility index (Phi) is 3.83. The first-order valence-corrected chi connectivity index (χ1v) is 7.81. The summed E-state index contributed by atoms with van der Waals surface area (Å²) in [6, 6.07) is 11.6. The van der Waals surface area contributed by atoms with Crippen LogP contribution in [0.5, 0.6) is 0 Å². The van der Waals surface area contributed by atoms with Gasteiger partial charge in [-0.3, -0.25) is 4.79 Å².